The molecule has 0 aliphatic rings. The Labute approximate surface area is 93.8 Å². The van der Waals surface area contributed by atoms with Crippen LogP contribution in [0.3, 0.4) is 0 Å². The molecule has 0 radical (unpaired) electrons. The molecule has 0 heterocycles. The fourth-order valence-corrected chi connectivity index (χ4v) is 1.47. The van der Waals surface area contributed by atoms with E-state index in [2.05, 4.69) is 26.1 Å². The molecule has 0 spiro atoms. The van der Waals surface area contributed by atoms with Crippen LogP contribution in [0.2, 0.25) is 0 Å². The lowest BCUT2D eigenvalue weighted by atomic mass is 10.0. The average Bonchev–Trinajstić information content (AvgIpc) is 2.20. The summed E-state index contributed by atoms with van der Waals surface area (Å²) in [6, 6.07) is 0. The van der Waals surface area contributed by atoms with Crippen molar-refractivity contribution in [2.75, 3.05) is 13.1 Å². The minimum absolute atomic E-state index is 0.149. The zero-order valence-corrected chi connectivity index (χ0v) is 10.4. The molecule has 0 rings (SSSR count). The first kappa shape index (κ1) is 14.4. The van der Waals surface area contributed by atoms with E-state index in [0.717, 1.165) is 19.4 Å². The van der Waals surface area contributed by atoms with Gasteiger partial charge in [-0.3, -0.25) is 4.79 Å². The van der Waals surface area contributed by atoms with Crippen LogP contribution in [0.1, 0.15) is 46.5 Å². The van der Waals surface area contributed by atoms with Crippen LogP contribution in [-0.4, -0.2) is 19.0 Å². The normalized spacial score (nSPS) is 12.9. The summed E-state index contributed by atoms with van der Waals surface area (Å²) in [5.74, 6) is 1.21. The lowest BCUT2D eigenvalue weighted by molar-refractivity contribution is -0.122. The number of carbonyl (C=O) groups excluding carboxylic acids is 1. The second kappa shape index (κ2) is 8.72. The van der Waals surface area contributed by atoms with Gasteiger partial charge in [-0.25, -0.2) is 0 Å². The van der Waals surface area contributed by atoms with E-state index in [4.69, 9.17) is 5.73 Å². The first-order valence-electron chi connectivity index (χ1n) is 6.06. The Balaban J connectivity index is 3.48. The minimum atomic E-state index is 0.149. The van der Waals surface area contributed by atoms with Gasteiger partial charge in [-0.05, 0) is 31.2 Å². The Kier molecular flexibility index (Phi) is 8.38. The first-order chi connectivity index (χ1) is 7.10. The molecule has 90 valence electrons. The smallest absolute Gasteiger partial charge is 0.220 e. The standard InChI is InChI=1S/C12H26N2O/c1-4-11(9-13)8-12(15)14-7-5-6-10(2)3/h10-11H,4-9,13H2,1-3H3,(H,14,15). The molecule has 1 unspecified atom stereocenters. The van der Waals surface area contributed by atoms with E-state index in [1.54, 1.807) is 0 Å². The van der Waals surface area contributed by atoms with Crippen molar-refractivity contribution < 1.29 is 4.79 Å². The van der Waals surface area contributed by atoms with Gasteiger partial charge in [0.1, 0.15) is 0 Å². The number of nitrogens with one attached hydrogen (secondary N) is 1. The molecule has 1 atom stereocenters. The van der Waals surface area contributed by atoms with Gasteiger partial charge in [0.15, 0.2) is 0 Å². The molecule has 0 fully saturated rings. The molecule has 0 aliphatic heterocycles. The van der Waals surface area contributed by atoms with Crippen LogP contribution in [0, 0.1) is 11.8 Å². The van der Waals surface area contributed by atoms with E-state index >= 15 is 0 Å². The highest BCUT2D eigenvalue weighted by Crippen LogP contribution is 2.06. The first-order valence-corrected chi connectivity index (χ1v) is 6.06. The Morgan fingerprint density at radius 3 is 2.53 bits per heavy atom. The number of nitrogens with two attached hydrogens (primary N) is 1. The maximum absolute atomic E-state index is 11.4. The molecule has 3 nitrogen and oxygen atoms in total. The van der Waals surface area contributed by atoms with Crippen LogP contribution in [0.5, 0.6) is 0 Å². The summed E-state index contributed by atoms with van der Waals surface area (Å²) in [6.07, 6.45) is 3.81. The van der Waals surface area contributed by atoms with Crippen LogP contribution in [0.4, 0.5) is 0 Å². The second-order valence-corrected chi connectivity index (χ2v) is 4.60. The van der Waals surface area contributed by atoms with Gasteiger partial charge in [0.25, 0.3) is 0 Å². The highest BCUT2D eigenvalue weighted by molar-refractivity contribution is 5.76. The summed E-state index contributed by atoms with van der Waals surface area (Å²) < 4.78 is 0. The molecule has 0 saturated heterocycles. The van der Waals surface area contributed by atoms with E-state index < -0.39 is 0 Å². The van der Waals surface area contributed by atoms with Gasteiger partial charge in [-0.2, -0.15) is 0 Å². The van der Waals surface area contributed by atoms with E-state index in [-0.39, 0.29) is 5.91 Å². The van der Waals surface area contributed by atoms with E-state index in [1.807, 2.05) is 0 Å². The van der Waals surface area contributed by atoms with Crippen molar-refractivity contribution >= 4 is 5.91 Å². The molecule has 1 amide bonds. The molecule has 0 aromatic carbocycles. The summed E-state index contributed by atoms with van der Waals surface area (Å²) in [5, 5.41) is 2.94. The molecular weight excluding hydrogens is 188 g/mol. The Morgan fingerprint density at radius 1 is 1.40 bits per heavy atom. The summed E-state index contributed by atoms with van der Waals surface area (Å²) in [5.41, 5.74) is 5.55. The Bertz CT molecular complexity index is 165. The van der Waals surface area contributed by atoms with E-state index in [1.165, 1.54) is 6.42 Å². The van der Waals surface area contributed by atoms with Crippen LogP contribution < -0.4 is 11.1 Å². The van der Waals surface area contributed by atoms with Crippen LogP contribution in [-0.2, 0) is 4.79 Å². The Morgan fingerprint density at radius 2 is 2.07 bits per heavy atom. The summed E-state index contributed by atoms with van der Waals surface area (Å²) in [6.45, 7) is 7.88. The van der Waals surface area contributed by atoms with Crippen LogP contribution in [0.15, 0.2) is 0 Å². The van der Waals surface area contributed by atoms with E-state index in [0.29, 0.717) is 24.8 Å². The van der Waals surface area contributed by atoms with Crippen molar-refractivity contribution in [2.45, 2.75) is 46.5 Å². The zero-order valence-electron chi connectivity index (χ0n) is 10.4. The lowest BCUT2D eigenvalue weighted by Crippen LogP contribution is -2.28. The summed E-state index contributed by atoms with van der Waals surface area (Å²) in [4.78, 5) is 11.4. The molecule has 0 aromatic rings. The van der Waals surface area contributed by atoms with Crippen LogP contribution >= 0.6 is 0 Å². The maximum atomic E-state index is 11.4. The molecule has 15 heavy (non-hydrogen) atoms. The average molecular weight is 214 g/mol. The molecule has 0 bridgehead atoms. The van der Waals surface area contributed by atoms with E-state index in [9.17, 15) is 4.79 Å². The number of hydrogen-bond donors (Lipinski definition) is 2. The fourth-order valence-electron chi connectivity index (χ4n) is 1.47. The number of carbonyl (C=O) groups is 1. The van der Waals surface area contributed by atoms with Crippen molar-refractivity contribution in [3.05, 3.63) is 0 Å². The van der Waals surface area contributed by atoms with Gasteiger partial charge in [0.2, 0.25) is 5.91 Å². The van der Waals surface area contributed by atoms with Crippen molar-refractivity contribution in [3.63, 3.8) is 0 Å². The maximum Gasteiger partial charge on any atom is 0.220 e. The number of amides is 1. The second-order valence-electron chi connectivity index (χ2n) is 4.60. The SMILES string of the molecule is CCC(CN)CC(=O)NCCCC(C)C. The molecule has 3 N–H and O–H groups in total. The molecule has 0 saturated carbocycles. The van der Waals surface area contributed by atoms with Crippen LogP contribution in [0.25, 0.3) is 0 Å². The number of hydrogen-bond acceptors (Lipinski definition) is 2. The molecule has 0 aromatic heterocycles. The Hall–Kier alpha value is -0.570. The largest absolute Gasteiger partial charge is 0.356 e. The third kappa shape index (κ3) is 8.43. The predicted octanol–water partition coefficient (Wildman–Crippen LogP) is 1.91. The van der Waals surface area contributed by atoms with Gasteiger partial charge in [0.05, 0.1) is 0 Å². The quantitative estimate of drug-likeness (QED) is 0.606. The predicted molar refractivity (Wildman–Crippen MR) is 64.5 cm³/mol. The van der Waals surface area contributed by atoms with Crippen molar-refractivity contribution in [1.29, 1.82) is 0 Å². The fraction of sp³-hybridized carbons (Fsp3) is 0.917. The van der Waals surface area contributed by atoms with Gasteiger partial charge in [0, 0.05) is 13.0 Å². The highest BCUT2D eigenvalue weighted by atomic mass is 16.1. The third-order valence-electron chi connectivity index (χ3n) is 2.67. The summed E-state index contributed by atoms with van der Waals surface area (Å²) >= 11 is 0. The molecule has 0 aliphatic carbocycles. The van der Waals surface area contributed by atoms with Gasteiger partial charge in [-0.15, -0.1) is 0 Å². The minimum Gasteiger partial charge on any atom is -0.356 e. The van der Waals surface area contributed by atoms with Crippen molar-refractivity contribution in [2.24, 2.45) is 17.6 Å². The zero-order chi connectivity index (χ0) is 11.7. The number of rotatable bonds is 8. The van der Waals surface area contributed by atoms with Crippen molar-refractivity contribution in [1.82, 2.24) is 5.32 Å². The topological polar surface area (TPSA) is 55.1 Å². The molecular formula is C12H26N2O. The monoisotopic (exact) mass is 214 g/mol. The van der Waals surface area contributed by atoms with Gasteiger partial charge < -0.3 is 11.1 Å². The summed E-state index contributed by atoms with van der Waals surface area (Å²) in [7, 11) is 0. The van der Waals surface area contributed by atoms with Gasteiger partial charge in [-0.1, -0.05) is 27.2 Å². The van der Waals surface area contributed by atoms with Crippen molar-refractivity contribution in [3.8, 4) is 0 Å². The molecule has 3 heteroatoms. The highest BCUT2D eigenvalue weighted by Gasteiger charge is 2.09. The lowest BCUT2D eigenvalue weighted by Gasteiger charge is -2.12. The van der Waals surface area contributed by atoms with Gasteiger partial charge >= 0.3 is 0 Å². The third-order valence-corrected chi connectivity index (χ3v) is 2.67.